The van der Waals surface area contributed by atoms with E-state index in [1.165, 1.54) is 0 Å². The standard InChI is InChI=1S/C22H4ClF34N/c23-3-1-4(7(24,25)9(28,29)11(32,33)13(36,37)15(40,41)17(44,45)19(48,49)21(52,53)54)6(58)5(2-3)8(26,27)10(30,31)12(34,35)14(38,39)16(42,43)18(46,47)20(50,51)22(55,56)57/h1-2H,58H2. The van der Waals surface area contributed by atoms with Gasteiger partial charge in [0.1, 0.15) is 0 Å². The second kappa shape index (κ2) is 13.2. The van der Waals surface area contributed by atoms with E-state index in [9.17, 15) is 149 Å². The Bertz CT molecular complexity index is 1580. The summed E-state index contributed by atoms with van der Waals surface area (Å²) in [5.41, 5.74) is -8.20. The summed E-state index contributed by atoms with van der Waals surface area (Å²) in [6.07, 6.45) is -16.5. The molecule has 2 N–H and O–H groups in total. The summed E-state index contributed by atoms with van der Waals surface area (Å²) in [5.74, 6) is -126. The first kappa shape index (κ1) is 52.9. The lowest BCUT2D eigenvalue weighted by Crippen LogP contribution is -2.74. The Morgan fingerprint density at radius 3 is 0.603 bits per heavy atom. The van der Waals surface area contributed by atoms with Crippen LogP contribution in [0.15, 0.2) is 12.1 Å². The highest BCUT2D eigenvalue weighted by Crippen LogP contribution is 2.68. The van der Waals surface area contributed by atoms with Crippen molar-refractivity contribution in [3.63, 3.8) is 0 Å². The van der Waals surface area contributed by atoms with Crippen LogP contribution in [0.5, 0.6) is 0 Å². The van der Waals surface area contributed by atoms with Gasteiger partial charge < -0.3 is 5.73 Å². The van der Waals surface area contributed by atoms with Crippen LogP contribution in [0.1, 0.15) is 11.1 Å². The van der Waals surface area contributed by atoms with Gasteiger partial charge >= 0.3 is 95.3 Å². The largest absolute Gasteiger partial charge is 0.460 e. The second-order valence-electron chi connectivity index (χ2n) is 11.0. The van der Waals surface area contributed by atoms with Gasteiger partial charge in [-0.3, -0.25) is 0 Å². The monoisotopic (exact) mass is 963 g/mol. The number of benzene rings is 1. The Labute approximate surface area is 297 Å². The molecule has 1 aromatic carbocycles. The zero-order chi connectivity index (χ0) is 47.7. The topological polar surface area (TPSA) is 26.0 Å². The number of halogens is 35. The number of hydrogen-bond acceptors (Lipinski definition) is 1. The summed E-state index contributed by atoms with van der Waals surface area (Å²) in [5, 5.41) is -2.71. The second-order valence-corrected chi connectivity index (χ2v) is 11.4. The molecule has 0 saturated carbocycles. The smallest absolute Gasteiger partial charge is 0.398 e. The maximum absolute atomic E-state index is 14.8. The Kier molecular flexibility index (Phi) is 12.1. The van der Waals surface area contributed by atoms with Crippen LogP contribution < -0.4 is 5.73 Å². The van der Waals surface area contributed by atoms with Gasteiger partial charge in [0.15, 0.2) is 0 Å². The molecule has 0 bridgehead atoms. The number of alkyl halides is 34. The molecule has 0 atom stereocenters. The van der Waals surface area contributed by atoms with Crippen LogP contribution in [0.2, 0.25) is 5.02 Å². The Morgan fingerprint density at radius 1 is 0.276 bits per heavy atom. The predicted octanol–water partition coefficient (Wildman–Crippen LogP) is 12.9. The van der Waals surface area contributed by atoms with E-state index in [1.807, 2.05) is 0 Å². The molecule has 1 nitrogen and oxygen atoms in total. The molecule has 58 heavy (non-hydrogen) atoms. The van der Waals surface area contributed by atoms with E-state index in [-0.39, 0.29) is 0 Å². The average molecular weight is 964 g/mol. The summed E-state index contributed by atoms with van der Waals surface area (Å²) >= 11 is 4.69. The molecule has 1 aromatic rings. The molecule has 36 heteroatoms. The van der Waals surface area contributed by atoms with E-state index in [1.54, 1.807) is 0 Å². The summed E-state index contributed by atoms with van der Waals surface area (Å²) in [6, 6.07) is -3.08. The lowest BCUT2D eigenvalue weighted by molar-refractivity contribution is -0.463. The molecule has 0 aromatic heterocycles. The third kappa shape index (κ3) is 6.27. The van der Waals surface area contributed by atoms with Crippen LogP contribution in [0.3, 0.4) is 0 Å². The lowest BCUT2D eigenvalue weighted by Gasteiger charge is -2.43. The fourth-order valence-corrected chi connectivity index (χ4v) is 4.02. The summed E-state index contributed by atoms with van der Waals surface area (Å²) in [4.78, 5) is 0. The number of nitrogen functional groups attached to an aromatic ring is 1. The molecule has 0 heterocycles. The molecular formula is C22H4ClF34N. The van der Waals surface area contributed by atoms with Crippen molar-refractivity contribution in [1.29, 1.82) is 0 Å². The Hall–Kier alpha value is -3.07. The van der Waals surface area contributed by atoms with Gasteiger partial charge in [0, 0.05) is 5.02 Å². The van der Waals surface area contributed by atoms with Gasteiger partial charge in [-0.1, -0.05) is 11.6 Å². The molecule has 0 aliphatic carbocycles. The van der Waals surface area contributed by atoms with Crippen LogP contribution in [0.25, 0.3) is 0 Å². The number of anilines is 1. The molecule has 0 saturated heterocycles. The van der Waals surface area contributed by atoms with Crippen LogP contribution in [-0.2, 0) is 11.8 Å². The molecule has 0 aliphatic heterocycles. The SMILES string of the molecule is Nc1c(C(F)(F)C(F)(F)C(F)(F)C(F)(F)C(F)(F)C(F)(F)C(F)(F)C(F)(F)F)cc(Cl)cc1C(F)(F)C(F)(F)C(F)(F)C(F)(F)C(F)(F)C(F)(F)C(F)(F)C(F)(F)F. The molecule has 1 rings (SSSR count). The highest BCUT2D eigenvalue weighted by Gasteiger charge is 2.97. The van der Waals surface area contributed by atoms with Crippen molar-refractivity contribution in [3.05, 3.63) is 28.3 Å². The number of rotatable bonds is 14. The van der Waals surface area contributed by atoms with Gasteiger partial charge in [-0.25, -0.2) is 0 Å². The van der Waals surface area contributed by atoms with E-state index < -0.39 is 129 Å². The van der Waals surface area contributed by atoms with Crippen LogP contribution in [0.4, 0.5) is 155 Å². The van der Waals surface area contributed by atoms with Gasteiger partial charge in [0.25, 0.3) is 0 Å². The number of hydrogen-bond donors (Lipinski definition) is 1. The zero-order valence-corrected chi connectivity index (χ0v) is 25.7. The molecule has 0 spiro atoms. The van der Waals surface area contributed by atoms with E-state index in [4.69, 9.17) is 11.6 Å². The summed E-state index contributed by atoms with van der Waals surface area (Å²) in [6.45, 7) is 0. The average Bonchev–Trinajstić information content (AvgIpc) is 2.99. The van der Waals surface area contributed by atoms with Gasteiger partial charge in [0.2, 0.25) is 0 Å². The van der Waals surface area contributed by atoms with Crippen molar-refractivity contribution in [3.8, 4) is 0 Å². The van der Waals surface area contributed by atoms with Gasteiger partial charge in [-0.2, -0.15) is 149 Å². The zero-order valence-electron chi connectivity index (χ0n) is 25.0. The van der Waals surface area contributed by atoms with E-state index in [0.717, 1.165) is 0 Å². The van der Waals surface area contributed by atoms with Crippen LogP contribution in [0, 0.1) is 0 Å². The van der Waals surface area contributed by atoms with E-state index in [2.05, 4.69) is 5.73 Å². The molecular weight excluding hydrogens is 960 g/mol. The van der Waals surface area contributed by atoms with Crippen molar-refractivity contribution in [2.45, 2.75) is 95.3 Å². The maximum atomic E-state index is 14.8. The maximum Gasteiger partial charge on any atom is 0.460 e. The van der Waals surface area contributed by atoms with Crippen molar-refractivity contribution >= 4 is 17.3 Å². The molecule has 0 amide bonds. The van der Waals surface area contributed by atoms with E-state index in [0.29, 0.717) is 0 Å². The van der Waals surface area contributed by atoms with Crippen molar-refractivity contribution in [2.24, 2.45) is 0 Å². The molecule has 342 valence electrons. The van der Waals surface area contributed by atoms with Crippen molar-refractivity contribution in [1.82, 2.24) is 0 Å². The minimum absolute atomic E-state index is 1.54. The van der Waals surface area contributed by atoms with Crippen LogP contribution >= 0.6 is 11.6 Å². The molecule has 0 unspecified atom stereocenters. The quantitative estimate of drug-likeness (QED) is 0.146. The van der Waals surface area contributed by atoms with E-state index >= 15 is 0 Å². The molecule has 0 radical (unpaired) electrons. The molecule has 0 fully saturated rings. The normalized spacial score (nSPS) is 16.6. The summed E-state index contributed by atoms with van der Waals surface area (Å²) in [7, 11) is 0. The highest BCUT2D eigenvalue weighted by atomic mass is 35.5. The van der Waals surface area contributed by atoms with Crippen molar-refractivity contribution in [2.75, 3.05) is 5.73 Å². The van der Waals surface area contributed by atoms with Gasteiger partial charge in [0.05, 0.1) is 16.8 Å². The fraction of sp³-hybridized carbons (Fsp3) is 0.727. The Balaban J connectivity index is 4.21. The third-order valence-electron chi connectivity index (χ3n) is 7.27. The third-order valence-corrected chi connectivity index (χ3v) is 7.48. The molecule has 0 aliphatic rings. The van der Waals surface area contributed by atoms with Crippen LogP contribution in [-0.4, -0.2) is 83.4 Å². The minimum Gasteiger partial charge on any atom is -0.398 e. The highest BCUT2D eigenvalue weighted by molar-refractivity contribution is 6.30. The first-order valence-corrected chi connectivity index (χ1v) is 12.9. The first-order chi connectivity index (χ1) is 24.5. The number of nitrogens with two attached hydrogens (primary N) is 1. The lowest BCUT2D eigenvalue weighted by atomic mass is 9.84. The summed E-state index contributed by atoms with van der Waals surface area (Å²) < 4.78 is 463. The predicted molar refractivity (Wildman–Crippen MR) is 115 cm³/mol. The minimum atomic E-state index is -9.43. The van der Waals surface area contributed by atoms with Gasteiger partial charge in [-0.05, 0) is 12.1 Å². The first-order valence-electron chi connectivity index (χ1n) is 12.6. The van der Waals surface area contributed by atoms with Gasteiger partial charge in [-0.15, -0.1) is 0 Å². The Morgan fingerprint density at radius 2 is 0.431 bits per heavy atom. The van der Waals surface area contributed by atoms with Crippen molar-refractivity contribution < 1.29 is 149 Å². The fourth-order valence-electron chi connectivity index (χ4n) is 3.80.